The zero-order valence-corrected chi connectivity index (χ0v) is 25.0. The fourth-order valence-electron chi connectivity index (χ4n) is 5.77. The number of fused-ring (bicyclic) bond motifs is 6. The third-order valence-corrected chi connectivity index (χ3v) is 8.66. The fourth-order valence-corrected chi connectivity index (χ4v) is 6.45. The monoisotopic (exact) mass is 592 g/mol. The van der Waals surface area contributed by atoms with Crippen LogP contribution in [0.4, 0.5) is 0 Å². The van der Waals surface area contributed by atoms with E-state index in [0.29, 0.717) is 22.8 Å². The number of thioether (sulfide) groups is 2. The maximum Gasteiger partial charge on any atom is 0.250 e. The van der Waals surface area contributed by atoms with E-state index in [0.717, 1.165) is 87.3 Å². The minimum atomic E-state index is -0.423. The minimum Gasteiger partial charge on any atom is -0.395 e. The van der Waals surface area contributed by atoms with Gasteiger partial charge in [-0.25, -0.2) is 19.9 Å². The lowest BCUT2D eigenvalue weighted by Crippen LogP contribution is -2.15. The number of aryl methyl sites for hydroxylation is 3. The molecule has 6 N–H and O–H groups in total. The second kappa shape index (κ2) is 11.7. The molecule has 4 heterocycles. The van der Waals surface area contributed by atoms with Crippen LogP contribution in [-0.2, 0) is 32.2 Å². The lowest BCUT2D eigenvalue weighted by Gasteiger charge is -2.19. The van der Waals surface area contributed by atoms with E-state index in [1.807, 2.05) is 43.3 Å². The van der Waals surface area contributed by atoms with E-state index in [4.69, 9.17) is 11.5 Å². The van der Waals surface area contributed by atoms with Gasteiger partial charge >= 0.3 is 0 Å². The van der Waals surface area contributed by atoms with Crippen molar-refractivity contribution >= 4 is 35.3 Å². The maximum absolute atomic E-state index is 11.9. The number of carbonyl (C=O) groups is 2. The SMILES string of the molecule is CSc1ncc2c(n1)-c1[nH]c(C)c(C(N)=O)c1CC2.CSc1ncc2c(n1)-c1c(c(C(N)=O)c(C)n1CCO)CC2. The predicted molar refractivity (Wildman–Crippen MR) is 159 cm³/mol. The summed E-state index contributed by atoms with van der Waals surface area (Å²) < 4.78 is 1.95. The molecule has 0 spiro atoms. The average molecular weight is 593 g/mol. The van der Waals surface area contributed by atoms with Crippen molar-refractivity contribution in [3.63, 3.8) is 0 Å². The number of aliphatic hydroxyl groups is 1. The quantitative estimate of drug-likeness (QED) is 0.193. The molecule has 0 bridgehead atoms. The Bertz CT molecular complexity index is 1680. The first-order chi connectivity index (χ1) is 19.7. The van der Waals surface area contributed by atoms with Crippen LogP contribution in [0.15, 0.2) is 22.7 Å². The minimum absolute atomic E-state index is 0.00400. The van der Waals surface area contributed by atoms with Crippen LogP contribution in [-0.4, -0.2) is 65.5 Å². The second-order valence-electron chi connectivity index (χ2n) is 9.83. The van der Waals surface area contributed by atoms with Crippen LogP contribution in [0.25, 0.3) is 22.8 Å². The molecule has 0 aliphatic heterocycles. The number of carbonyl (C=O) groups excluding carboxylic acids is 2. The van der Waals surface area contributed by atoms with Gasteiger partial charge in [-0.2, -0.15) is 0 Å². The summed E-state index contributed by atoms with van der Waals surface area (Å²) in [4.78, 5) is 44.5. The van der Waals surface area contributed by atoms with Gasteiger partial charge < -0.3 is 26.1 Å². The van der Waals surface area contributed by atoms with Crippen LogP contribution in [0.1, 0.15) is 54.4 Å². The zero-order valence-electron chi connectivity index (χ0n) is 23.4. The summed E-state index contributed by atoms with van der Waals surface area (Å²) in [5.74, 6) is -0.800. The van der Waals surface area contributed by atoms with Crippen molar-refractivity contribution in [2.24, 2.45) is 11.5 Å². The molecule has 41 heavy (non-hydrogen) atoms. The molecular formula is C28H32N8O3S2. The molecule has 4 aromatic heterocycles. The Morgan fingerprint density at radius 3 is 2.02 bits per heavy atom. The number of amides is 2. The first kappa shape index (κ1) is 28.8. The molecule has 11 nitrogen and oxygen atoms in total. The number of aliphatic hydroxyl groups excluding tert-OH is 1. The van der Waals surface area contributed by atoms with E-state index in [2.05, 4.69) is 24.9 Å². The van der Waals surface area contributed by atoms with Crippen LogP contribution in [0.5, 0.6) is 0 Å². The van der Waals surface area contributed by atoms with Gasteiger partial charge in [0.15, 0.2) is 10.3 Å². The molecule has 0 fully saturated rings. The first-order valence-corrected chi connectivity index (χ1v) is 15.6. The van der Waals surface area contributed by atoms with Crippen molar-refractivity contribution in [1.29, 1.82) is 0 Å². The first-order valence-electron chi connectivity index (χ1n) is 13.1. The van der Waals surface area contributed by atoms with Gasteiger partial charge in [0.05, 0.1) is 40.5 Å². The van der Waals surface area contributed by atoms with Crippen molar-refractivity contribution < 1.29 is 14.7 Å². The van der Waals surface area contributed by atoms with Gasteiger partial charge in [-0.1, -0.05) is 23.5 Å². The average Bonchev–Trinajstić information content (AvgIpc) is 3.46. The number of nitrogens with two attached hydrogens (primary N) is 2. The van der Waals surface area contributed by atoms with Crippen molar-refractivity contribution in [2.45, 2.75) is 56.4 Å². The molecule has 0 radical (unpaired) electrons. The topological polar surface area (TPSA) is 179 Å². The molecule has 2 aliphatic carbocycles. The van der Waals surface area contributed by atoms with Crippen LogP contribution in [0.3, 0.4) is 0 Å². The van der Waals surface area contributed by atoms with Crippen LogP contribution >= 0.6 is 23.5 Å². The largest absolute Gasteiger partial charge is 0.395 e. The molecule has 6 rings (SSSR count). The third kappa shape index (κ3) is 5.13. The van der Waals surface area contributed by atoms with Gasteiger partial charge in [-0.05, 0) is 74.3 Å². The van der Waals surface area contributed by atoms with E-state index >= 15 is 0 Å². The smallest absolute Gasteiger partial charge is 0.250 e. The lowest BCUT2D eigenvalue weighted by molar-refractivity contribution is 0.0990. The maximum atomic E-state index is 11.9. The highest BCUT2D eigenvalue weighted by atomic mass is 32.2. The van der Waals surface area contributed by atoms with Gasteiger partial charge in [0, 0.05) is 30.3 Å². The van der Waals surface area contributed by atoms with Crippen molar-refractivity contribution in [3.8, 4) is 22.8 Å². The molecule has 4 aromatic rings. The number of primary amides is 2. The Balaban J connectivity index is 0.000000166. The molecule has 2 amide bonds. The van der Waals surface area contributed by atoms with Gasteiger partial charge in [0.2, 0.25) is 0 Å². The molecular weight excluding hydrogens is 560 g/mol. The molecule has 0 atom stereocenters. The Kier molecular flexibility index (Phi) is 8.20. The Hall–Kier alpha value is -3.68. The summed E-state index contributed by atoms with van der Waals surface area (Å²) in [5, 5.41) is 10.8. The lowest BCUT2D eigenvalue weighted by atomic mass is 9.92. The summed E-state index contributed by atoms with van der Waals surface area (Å²) in [6.07, 6.45) is 10.8. The van der Waals surface area contributed by atoms with Crippen LogP contribution in [0, 0.1) is 13.8 Å². The molecule has 214 valence electrons. The van der Waals surface area contributed by atoms with Crippen molar-refractivity contribution in [1.82, 2.24) is 29.5 Å². The van der Waals surface area contributed by atoms with Crippen LogP contribution in [0.2, 0.25) is 0 Å². The highest BCUT2D eigenvalue weighted by Gasteiger charge is 2.30. The molecule has 13 heteroatoms. The number of H-pyrrole nitrogens is 1. The number of nitrogens with zero attached hydrogens (tertiary/aromatic N) is 5. The summed E-state index contributed by atoms with van der Waals surface area (Å²) >= 11 is 2.99. The highest BCUT2D eigenvalue weighted by molar-refractivity contribution is 7.98. The number of aromatic amines is 1. The standard InChI is InChI=1S/C15H18N4O2S.C13H14N4OS/c1-8-11(14(16)21)10-4-3-9-7-17-15(22-2)18-12(9)13(10)19(8)5-6-20;1-6-9(12(14)18)8-4-3-7-5-15-13(19-2)17-10(7)11(8)16-6/h7,20H,3-6H2,1-2H3,(H2,16,21);5,16H,3-4H2,1-2H3,(H2,14,18). The summed E-state index contributed by atoms with van der Waals surface area (Å²) in [7, 11) is 0. The molecule has 2 aliphatic rings. The zero-order chi connectivity index (χ0) is 29.4. The highest BCUT2D eigenvalue weighted by Crippen LogP contribution is 2.38. The van der Waals surface area contributed by atoms with Crippen LogP contribution < -0.4 is 11.5 Å². The van der Waals surface area contributed by atoms with E-state index in [-0.39, 0.29) is 12.5 Å². The Morgan fingerprint density at radius 1 is 0.902 bits per heavy atom. The van der Waals surface area contributed by atoms with Gasteiger partial charge in [-0.15, -0.1) is 0 Å². The number of rotatable bonds is 6. The predicted octanol–water partition coefficient (Wildman–Crippen LogP) is 2.86. The van der Waals surface area contributed by atoms with Gasteiger partial charge in [0.1, 0.15) is 0 Å². The van der Waals surface area contributed by atoms with E-state index in [9.17, 15) is 14.7 Å². The summed E-state index contributed by atoms with van der Waals surface area (Å²) in [6, 6.07) is 0. The number of aromatic nitrogens is 6. The van der Waals surface area contributed by atoms with E-state index in [1.54, 1.807) is 0 Å². The summed E-state index contributed by atoms with van der Waals surface area (Å²) in [5.41, 5.74) is 21.5. The molecule has 0 unspecified atom stereocenters. The van der Waals surface area contributed by atoms with E-state index < -0.39 is 5.91 Å². The van der Waals surface area contributed by atoms with Crippen molar-refractivity contribution in [3.05, 3.63) is 57.2 Å². The summed E-state index contributed by atoms with van der Waals surface area (Å²) in [6.45, 7) is 4.15. The van der Waals surface area contributed by atoms with Gasteiger partial charge in [0.25, 0.3) is 11.8 Å². The molecule has 0 aromatic carbocycles. The number of nitrogens with one attached hydrogen (secondary N) is 1. The molecule has 0 saturated carbocycles. The Labute approximate surface area is 246 Å². The molecule has 0 saturated heterocycles. The number of hydrogen-bond acceptors (Lipinski definition) is 9. The number of hydrogen-bond donors (Lipinski definition) is 4. The Morgan fingerprint density at radius 2 is 1.46 bits per heavy atom. The third-order valence-electron chi connectivity index (χ3n) is 7.53. The van der Waals surface area contributed by atoms with Gasteiger partial charge in [-0.3, -0.25) is 9.59 Å². The van der Waals surface area contributed by atoms with E-state index in [1.165, 1.54) is 23.5 Å². The second-order valence-corrected chi connectivity index (χ2v) is 11.4. The normalized spacial score (nSPS) is 12.9. The fraction of sp³-hybridized carbons (Fsp3) is 0.357. The van der Waals surface area contributed by atoms with Crippen molar-refractivity contribution in [2.75, 3.05) is 19.1 Å².